The number of carbonyl (C=O) groups excluding carboxylic acids is 4. The fourth-order valence-electron chi connectivity index (χ4n) is 2.64. The molecule has 1 saturated heterocycles. The number of nitrogen functional groups attached to an aromatic ring is 1. The zero-order valence-electron chi connectivity index (χ0n) is 10.9. The van der Waals surface area contributed by atoms with Crippen LogP contribution in [0.5, 0.6) is 0 Å². The van der Waals surface area contributed by atoms with Gasteiger partial charge in [0.2, 0.25) is 11.8 Å². The van der Waals surface area contributed by atoms with Crippen molar-refractivity contribution in [2.75, 3.05) is 5.73 Å². The highest BCUT2D eigenvalue weighted by molar-refractivity contribution is 6.41. The molecule has 2 aliphatic heterocycles. The summed E-state index contributed by atoms with van der Waals surface area (Å²) in [6, 6.07) is 1.86. The predicted octanol–water partition coefficient (Wildman–Crippen LogP) is -1.54. The van der Waals surface area contributed by atoms with Crippen LogP contribution < -0.4 is 16.5 Å². The van der Waals surface area contributed by atoms with Crippen molar-refractivity contribution in [1.29, 1.82) is 0 Å². The van der Waals surface area contributed by atoms with Gasteiger partial charge in [0.1, 0.15) is 13.9 Å². The van der Waals surface area contributed by atoms with Crippen LogP contribution in [0.3, 0.4) is 0 Å². The van der Waals surface area contributed by atoms with Crippen molar-refractivity contribution < 1.29 is 19.2 Å². The van der Waals surface area contributed by atoms with Gasteiger partial charge >= 0.3 is 0 Å². The number of nitrogens with zero attached hydrogens (tertiary/aromatic N) is 1. The molecule has 1 unspecified atom stereocenters. The summed E-state index contributed by atoms with van der Waals surface area (Å²) in [5, 5.41) is 2.12. The standard InChI is InChI=1S/C13H10BN3O4/c14-5-1-2-6(15)10-9(5)12(20)17(13(10)21)7-3-4-8(18)16-11(7)19/h1-2,7H,3-4,15H2,(H,16,18,19). The number of piperidine rings is 1. The van der Waals surface area contributed by atoms with Crippen LogP contribution in [-0.4, -0.2) is 42.4 Å². The van der Waals surface area contributed by atoms with Crippen LogP contribution in [0.1, 0.15) is 33.6 Å². The Hall–Kier alpha value is -2.64. The summed E-state index contributed by atoms with van der Waals surface area (Å²) in [5.41, 5.74) is 6.03. The molecule has 0 aliphatic carbocycles. The van der Waals surface area contributed by atoms with Gasteiger partial charge < -0.3 is 5.73 Å². The van der Waals surface area contributed by atoms with E-state index in [0.717, 1.165) is 4.90 Å². The van der Waals surface area contributed by atoms with E-state index in [9.17, 15) is 19.2 Å². The van der Waals surface area contributed by atoms with Crippen LogP contribution in [0.25, 0.3) is 0 Å². The zero-order valence-corrected chi connectivity index (χ0v) is 10.9. The number of amides is 4. The van der Waals surface area contributed by atoms with Crippen LogP contribution in [0.15, 0.2) is 12.1 Å². The van der Waals surface area contributed by atoms with Crippen LogP contribution in [-0.2, 0) is 9.59 Å². The van der Waals surface area contributed by atoms with Crippen LogP contribution in [0.2, 0.25) is 0 Å². The van der Waals surface area contributed by atoms with Gasteiger partial charge in [0.05, 0.1) is 5.56 Å². The van der Waals surface area contributed by atoms with Gasteiger partial charge in [-0.1, -0.05) is 11.5 Å². The molecular formula is C13H10BN3O4. The first-order valence-electron chi connectivity index (χ1n) is 6.31. The second kappa shape index (κ2) is 4.44. The van der Waals surface area contributed by atoms with E-state index in [2.05, 4.69) is 5.32 Å². The molecule has 21 heavy (non-hydrogen) atoms. The molecule has 1 atom stereocenters. The molecule has 2 aliphatic rings. The largest absolute Gasteiger partial charge is 0.398 e. The zero-order chi connectivity index (χ0) is 15.3. The van der Waals surface area contributed by atoms with Gasteiger partial charge in [0, 0.05) is 17.7 Å². The smallest absolute Gasteiger partial charge is 0.264 e. The molecule has 1 fully saturated rings. The van der Waals surface area contributed by atoms with E-state index in [1.807, 2.05) is 0 Å². The minimum Gasteiger partial charge on any atom is -0.398 e. The van der Waals surface area contributed by atoms with Gasteiger partial charge in [-0.25, -0.2) is 0 Å². The lowest BCUT2D eigenvalue weighted by molar-refractivity contribution is -0.136. The van der Waals surface area contributed by atoms with Crippen molar-refractivity contribution in [3.63, 3.8) is 0 Å². The summed E-state index contributed by atoms with van der Waals surface area (Å²) in [4.78, 5) is 48.7. The predicted molar refractivity (Wildman–Crippen MR) is 72.9 cm³/mol. The van der Waals surface area contributed by atoms with E-state index >= 15 is 0 Å². The fourth-order valence-corrected chi connectivity index (χ4v) is 2.64. The Morgan fingerprint density at radius 1 is 1.14 bits per heavy atom. The third-order valence-corrected chi connectivity index (χ3v) is 3.66. The Balaban J connectivity index is 2.05. The number of nitrogens with one attached hydrogen (secondary N) is 1. The van der Waals surface area contributed by atoms with Crippen molar-refractivity contribution in [3.8, 4) is 0 Å². The first-order valence-corrected chi connectivity index (χ1v) is 6.31. The van der Waals surface area contributed by atoms with Crippen LogP contribution in [0.4, 0.5) is 5.69 Å². The second-order valence-electron chi connectivity index (χ2n) is 4.94. The number of hydrogen-bond donors (Lipinski definition) is 2. The third-order valence-electron chi connectivity index (χ3n) is 3.66. The number of nitrogens with two attached hydrogens (primary N) is 1. The molecule has 1 aromatic rings. The number of carbonyl (C=O) groups is 4. The molecule has 7 nitrogen and oxygen atoms in total. The second-order valence-corrected chi connectivity index (χ2v) is 4.94. The van der Waals surface area contributed by atoms with Crippen molar-refractivity contribution >= 4 is 42.6 Å². The van der Waals surface area contributed by atoms with E-state index in [1.54, 1.807) is 0 Å². The average molecular weight is 283 g/mol. The minimum absolute atomic E-state index is 0.0182. The lowest BCUT2D eigenvalue weighted by atomic mass is 9.88. The van der Waals surface area contributed by atoms with Gasteiger partial charge in [0.15, 0.2) is 0 Å². The molecular weight excluding hydrogens is 273 g/mol. The molecule has 4 amide bonds. The van der Waals surface area contributed by atoms with E-state index in [-0.39, 0.29) is 35.1 Å². The maximum Gasteiger partial charge on any atom is 0.264 e. The van der Waals surface area contributed by atoms with Crippen molar-refractivity contribution in [3.05, 3.63) is 23.3 Å². The van der Waals surface area contributed by atoms with Crippen LogP contribution >= 0.6 is 0 Å². The van der Waals surface area contributed by atoms with Crippen molar-refractivity contribution in [1.82, 2.24) is 10.2 Å². The van der Waals surface area contributed by atoms with Gasteiger partial charge in [-0.3, -0.25) is 29.4 Å². The van der Waals surface area contributed by atoms with Crippen LogP contribution in [0, 0.1) is 0 Å². The van der Waals surface area contributed by atoms with Gasteiger partial charge in [-0.05, 0) is 12.5 Å². The Morgan fingerprint density at radius 3 is 2.43 bits per heavy atom. The van der Waals surface area contributed by atoms with Crippen molar-refractivity contribution in [2.24, 2.45) is 0 Å². The SMILES string of the molecule is [B]c1ccc(N)c2c1C(=O)N(C1CCC(=O)NC1=O)C2=O. The highest BCUT2D eigenvalue weighted by atomic mass is 16.2. The lowest BCUT2D eigenvalue weighted by Crippen LogP contribution is -2.54. The Bertz CT molecular complexity index is 675. The summed E-state index contributed by atoms with van der Waals surface area (Å²) in [6.07, 6.45) is 0.157. The molecule has 0 bridgehead atoms. The van der Waals surface area contributed by atoms with Crippen molar-refractivity contribution in [2.45, 2.75) is 18.9 Å². The van der Waals surface area contributed by atoms with E-state index < -0.39 is 29.7 Å². The topological polar surface area (TPSA) is 110 Å². The molecule has 0 spiro atoms. The molecule has 0 aromatic heterocycles. The first-order chi connectivity index (χ1) is 9.91. The molecule has 8 heteroatoms. The summed E-state index contributed by atoms with van der Waals surface area (Å²) in [7, 11) is 5.73. The number of benzene rings is 1. The summed E-state index contributed by atoms with van der Waals surface area (Å²) < 4.78 is 0. The van der Waals surface area contributed by atoms with E-state index in [4.69, 9.17) is 13.6 Å². The van der Waals surface area contributed by atoms with E-state index in [0.29, 0.717) is 0 Å². The normalized spacial score (nSPS) is 21.5. The first kappa shape index (κ1) is 13.4. The maximum absolute atomic E-state index is 12.4. The Morgan fingerprint density at radius 2 is 1.81 bits per heavy atom. The maximum atomic E-state index is 12.4. The Kier molecular flexibility index (Phi) is 2.82. The van der Waals surface area contributed by atoms with E-state index in [1.165, 1.54) is 12.1 Å². The number of imide groups is 2. The molecule has 0 saturated carbocycles. The highest BCUT2D eigenvalue weighted by Crippen LogP contribution is 2.29. The molecule has 2 heterocycles. The Labute approximate surface area is 120 Å². The number of rotatable bonds is 1. The molecule has 3 rings (SSSR count). The van der Waals surface area contributed by atoms with Gasteiger partial charge in [-0.15, -0.1) is 0 Å². The monoisotopic (exact) mass is 283 g/mol. The number of anilines is 1. The summed E-state index contributed by atoms with van der Waals surface area (Å²) >= 11 is 0. The number of hydrogen-bond acceptors (Lipinski definition) is 5. The molecule has 104 valence electrons. The summed E-state index contributed by atoms with van der Waals surface area (Å²) in [6.45, 7) is 0. The lowest BCUT2D eigenvalue weighted by Gasteiger charge is -2.27. The third kappa shape index (κ3) is 1.83. The number of fused-ring (bicyclic) bond motifs is 1. The molecule has 2 radical (unpaired) electrons. The minimum atomic E-state index is -1.02. The van der Waals surface area contributed by atoms with Gasteiger partial charge in [-0.2, -0.15) is 0 Å². The average Bonchev–Trinajstić information content (AvgIpc) is 2.68. The highest BCUT2D eigenvalue weighted by Gasteiger charge is 2.45. The summed E-state index contributed by atoms with van der Waals surface area (Å²) in [5.74, 6) is -2.41. The fraction of sp³-hybridized carbons (Fsp3) is 0.231. The molecule has 1 aromatic carbocycles. The van der Waals surface area contributed by atoms with Gasteiger partial charge in [0.25, 0.3) is 11.8 Å². The molecule has 3 N–H and O–H groups in total. The quantitative estimate of drug-likeness (QED) is 0.369.